The maximum atomic E-state index is 9.71. The molecule has 0 fully saturated rings. The van der Waals surface area contributed by atoms with E-state index in [-0.39, 0.29) is 5.70 Å². The highest BCUT2D eigenvalue weighted by atomic mass is 16.1. The summed E-state index contributed by atoms with van der Waals surface area (Å²) < 4.78 is 0. The van der Waals surface area contributed by atoms with Crippen molar-refractivity contribution >= 4 is 18.7 Å². The lowest BCUT2D eigenvalue weighted by atomic mass is 10.6. The molecule has 0 radical (unpaired) electrons. The summed E-state index contributed by atoms with van der Waals surface area (Å²) >= 11 is 0. The molecule has 0 rings (SSSR count). The van der Waals surface area contributed by atoms with E-state index in [0.717, 1.165) is 6.34 Å². The van der Waals surface area contributed by atoms with Crippen LogP contribution in [0.4, 0.5) is 0 Å². The van der Waals surface area contributed by atoms with Gasteiger partial charge in [0.05, 0.1) is 6.34 Å². The smallest absolute Gasteiger partial charge is 0.212 e. The Morgan fingerprint density at radius 1 is 1.78 bits per heavy atom. The predicted molar refractivity (Wildman–Crippen MR) is 32.6 cm³/mol. The molecule has 0 saturated carbocycles. The summed E-state index contributed by atoms with van der Waals surface area (Å²) in [5.41, 5.74) is 0.198. The van der Waals surface area contributed by atoms with Crippen LogP contribution in [-0.4, -0.2) is 18.7 Å². The third kappa shape index (κ3) is 4.44. The van der Waals surface area contributed by atoms with Crippen molar-refractivity contribution in [3.8, 4) is 0 Å². The molecule has 4 nitrogen and oxygen atoms in total. The zero-order valence-electron chi connectivity index (χ0n) is 4.92. The average molecular weight is 126 g/mol. The van der Waals surface area contributed by atoms with Crippen LogP contribution in [0.15, 0.2) is 10.7 Å². The van der Waals surface area contributed by atoms with Crippen molar-refractivity contribution in [1.29, 1.82) is 0 Å². The number of hydrogen-bond donors (Lipinski definition) is 1. The molecule has 0 aliphatic carbocycles. The fourth-order valence-corrected chi connectivity index (χ4v) is 0.191. The standard InChI is InChI=1S/C5H6N2O2/c1-5(2-8)7-3-6-4-9/h3-4H,1H3,(H,6,7,9). The Hall–Kier alpha value is -1.41. The Morgan fingerprint density at radius 3 is 2.89 bits per heavy atom. The Morgan fingerprint density at radius 2 is 2.44 bits per heavy atom. The van der Waals surface area contributed by atoms with Gasteiger partial charge in [0.2, 0.25) is 6.41 Å². The average Bonchev–Trinajstić information content (AvgIpc) is 1.89. The van der Waals surface area contributed by atoms with Crippen LogP contribution in [0.5, 0.6) is 0 Å². The van der Waals surface area contributed by atoms with Crippen molar-refractivity contribution < 1.29 is 9.59 Å². The second kappa shape index (κ2) is 4.74. The number of carbonyl (C=O) groups is 1. The highest BCUT2D eigenvalue weighted by Gasteiger charge is 1.76. The Kier molecular flexibility index (Phi) is 4.00. The van der Waals surface area contributed by atoms with Gasteiger partial charge in [-0.1, -0.05) is 0 Å². The molecule has 0 aromatic heterocycles. The van der Waals surface area contributed by atoms with Crippen LogP contribution in [0.2, 0.25) is 0 Å². The van der Waals surface area contributed by atoms with Crippen molar-refractivity contribution in [2.45, 2.75) is 6.92 Å². The summed E-state index contributed by atoms with van der Waals surface area (Å²) in [6.45, 7) is 1.48. The van der Waals surface area contributed by atoms with Crippen LogP contribution < -0.4 is 5.32 Å². The first-order valence-electron chi connectivity index (χ1n) is 2.25. The van der Waals surface area contributed by atoms with Gasteiger partial charge in [0.15, 0.2) is 0 Å². The van der Waals surface area contributed by atoms with Gasteiger partial charge in [-0.05, 0) is 6.92 Å². The number of nitrogens with one attached hydrogen (secondary N) is 1. The van der Waals surface area contributed by atoms with Gasteiger partial charge in [0, 0.05) is 0 Å². The minimum absolute atomic E-state index is 0.198. The Balaban J connectivity index is 3.70. The molecule has 0 saturated heterocycles. The lowest BCUT2D eigenvalue weighted by Crippen LogP contribution is -2.06. The summed E-state index contributed by atoms with van der Waals surface area (Å²) in [6, 6.07) is 0. The van der Waals surface area contributed by atoms with Crippen LogP contribution in [-0.2, 0) is 9.59 Å². The number of aliphatic imine (C=N–C) groups is 1. The normalized spacial score (nSPS) is 8.56. The minimum Gasteiger partial charge on any atom is -0.319 e. The van der Waals surface area contributed by atoms with Gasteiger partial charge in [-0.3, -0.25) is 4.79 Å². The first kappa shape index (κ1) is 7.59. The molecule has 48 valence electrons. The van der Waals surface area contributed by atoms with Gasteiger partial charge < -0.3 is 5.32 Å². The number of rotatable bonds is 3. The molecule has 1 amide bonds. The molecular formula is C5H6N2O2. The van der Waals surface area contributed by atoms with E-state index in [1.807, 2.05) is 0 Å². The second-order valence-electron chi connectivity index (χ2n) is 1.23. The number of carbonyl (C=O) groups excluding carboxylic acids is 2. The molecule has 4 heteroatoms. The lowest BCUT2D eigenvalue weighted by Gasteiger charge is -1.81. The van der Waals surface area contributed by atoms with Crippen LogP contribution in [0, 0.1) is 0 Å². The van der Waals surface area contributed by atoms with E-state index in [9.17, 15) is 9.59 Å². The van der Waals surface area contributed by atoms with E-state index in [4.69, 9.17) is 0 Å². The van der Waals surface area contributed by atoms with E-state index < -0.39 is 0 Å². The second-order valence-corrected chi connectivity index (χ2v) is 1.23. The maximum absolute atomic E-state index is 9.71. The monoisotopic (exact) mass is 126 g/mol. The van der Waals surface area contributed by atoms with Crippen molar-refractivity contribution in [2.24, 2.45) is 4.99 Å². The third-order valence-corrected chi connectivity index (χ3v) is 0.548. The van der Waals surface area contributed by atoms with Gasteiger partial charge in [-0.25, -0.2) is 9.79 Å². The minimum atomic E-state index is 0.198. The Bertz CT molecular complexity index is 168. The molecule has 0 spiro atoms. The molecule has 0 aromatic carbocycles. The highest BCUT2D eigenvalue weighted by Crippen LogP contribution is 1.80. The molecule has 0 heterocycles. The van der Waals surface area contributed by atoms with Gasteiger partial charge in [-0.2, -0.15) is 0 Å². The van der Waals surface area contributed by atoms with Crippen LogP contribution in [0.25, 0.3) is 0 Å². The summed E-state index contributed by atoms with van der Waals surface area (Å²) in [5.74, 6) is 1.54. The first-order valence-corrected chi connectivity index (χ1v) is 2.25. The van der Waals surface area contributed by atoms with Crippen LogP contribution in [0.3, 0.4) is 0 Å². The fraction of sp³-hybridized carbons (Fsp3) is 0.200. The van der Waals surface area contributed by atoms with Crippen LogP contribution in [0.1, 0.15) is 6.92 Å². The molecule has 9 heavy (non-hydrogen) atoms. The quantitative estimate of drug-likeness (QED) is 0.240. The molecule has 0 aliphatic heterocycles. The van der Waals surface area contributed by atoms with Gasteiger partial charge in [0.1, 0.15) is 11.6 Å². The van der Waals surface area contributed by atoms with E-state index in [1.54, 1.807) is 0 Å². The number of hydrogen-bond acceptors (Lipinski definition) is 3. The van der Waals surface area contributed by atoms with Crippen LogP contribution >= 0.6 is 0 Å². The molecule has 1 N–H and O–H groups in total. The summed E-state index contributed by atoms with van der Waals surface area (Å²) in [6.07, 6.45) is 1.58. The molecule has 0 aliphatic rings. The molecular weight excluding hydrogens is 120 g/mol. The van der Waals surface area contributed by atoms with E-state index in [0.29, 0.717) is 6.41 Å². The van der Waals surface area contributed by atoms with Gasteiger partial charge in [-0.15, -0.1) is 0 Å². The van der Waals surface area contributed by atoms with E-state index in [1.165, 1.54) is 12.9 Å². The number of nitrogens with zero attached hydrogens (tertiary/aromatic N) is 1. The number of amides is 1. The van der Waals surface area contributed by atoms with E-state index >= 15 is 0 Å². The zero-order valence-corrected chi connectivity index (χ0v) is 4.92. The summed E-state index contributed by atoms with van der Waals surface area (Å²) in [5, 5.41) is 2.14. The summed E-state index contributed by atoms with van der Waals surface area (Å²) in [4.78, 5) is 22.7. The number of allylic oxidation sites excluding steroid dienone is 1. The van der Waals surface area contributed by atoms with Crippen molar-refractivity contribution in [2.75, 3.05) is 0 Å². The molecule has 0 bridgehead atoms. The van der Waals surface area contributed by atoms with E-state index in [2.05, 4.69) is 10.3 Å². The maximum Gasteiger partial charge on any atom is 0.212 e. The highest BCUT2D eigenvalue weighted by molar-refractivity contribution is 5.73. The molecule has 0 aromatic rings. The first-order chi connectivity index (χ1) is 4.31. The largest absolute Gasteiger partial charge is 0.319 e. The zero-order chi connectivity index (χ0) is 7.11. The van der Waals surface area contributed by atoms with Crippen molar-refractivity contribution in [1.82, 2.24) is 5.32 Å². The fourth-order valence-electron chi connectivity index (χ4n) is 0.191. The summed E-state index contributed by atoms with van der Waals surface area (Å²) in [7, 11) is 0. The van der Waals surface area contributed by atoms with Gasteiger partial charge in [0.25, 0.3) is 0 Å². The molecule has 0 unspecified atom stereocenters. The van der Waals surface area contributed by atoms with Crippen molar-refractivity contribution in [3.05, 3.63) is 5.70 Å². The topological polar surface area (TPSA) is 58.5 Å². The van der Waals surface area contributed by atoms with Crippen molar-refractivity contribution in [3.63, 3.8) is 0 Å². The molecule has 0 atom stereocenters. The third-order valence-electron chi connectivity index (χ3n) is 0.548. The lowest BCUT2D eigenvalue weighted by molar-refractivity contribution is -0.108. The Labute approximate surface area is 52.3 Å². The van der Waals surface area contributed by atoms with Gasteiger partial charge >= 0.3 is 0 Å². The SMILES string of the molecule is CC(=C=O)N=CNC=O. The predicted octanol–water partition coefficient (Wildman–Crippen LogP) is -0.504.